The molecule has 3 unspecified atom stereocenters. The molecule has 0 spiro atoms. The Kier molecular flexibility index (Phi) is 50.0. The molecular weight excluding hydrogens is 751 g/mol. The van der Waals surface area contributed by atoms with Crippen molar-refractivity contribution in [1.29, 1.82) is 0 Å². The van der Waals surface area contributed by atoms with Gasteiger partial charge < -0.3 is 20.6 Å². The van der Waals surface area contributed by atoms with E-state index in [9.17, 15) is 20.1 Å². The summed E-state index contributed by atoms with van der Waals surface area (Å²) in [6.07, 6.45) is 66.1. The van der Waals surface area contributed by atoms with Crippen molar-refractivity contribution in [1.82, 2.24) is 5.32 Å². The molecule has 0 aromatic heterocycles. The quantitative estimate of drug-likeness (QED) is 0.0362. The lowest BCUT2D eigenvalue weighted by Gasteiger charge is -2.26. The molecule has 0 aromatic rings. The van der Waals surface area contributed by atoms with Gasteiger partial charge in [-0.05, 0) is 70.6 Å². The Morgan fingerprint density at radius 2 is 0.705 bits per heavy atom. The summed E-state index contributed by atoms with van der Waals surface area (Å²) < 4.78 is 0. The zero-order chi connectivity index (χ0) is 44.4. The average molecular weight is 858 g/mol. The molecule has 0 aliphatic rings. The van der Waals surface area contributed by atoms with Gasteiger partial charge in [-0.3, -0.25) is 4.79 Å². The normalized spacial score (nSPS) is 13.6. The molecule has 0 fully saturated rings. The van der Waals surface area contributed by atoms with E-state index in [4.69, 9.17) is 0 Å². The van der Waals surface area contributed by atoms with E-state index >= 15 is 0 Å². The third kappa shape index (κ3) is 46.4. The molecule has 0 aliphatic heterocycles. The fraction of sp³-hybridized carbons (Fsp3) is 0.875. The van der Waals surface area contributed by atoms with Gasteiger partial charge in [0.25, 0.3) is 0 Å². The van der Waals surface area contributed by atoms with Crippen LogP contribution in [0.25, 0.3) is 0 Å². The number of nitrogens with one attached hydrogen (secondary N) is 1. The highest BCUT2D eigenvalue weighted by Crippen LogP contribution is 2.17. The van der Waals surface area contributed by atoms with Crippen molar-refractivity contribution in [3.8, 4) is 0 Å². The number of carbonyl (C=O) groups excluding carboxylic acids is 1. The average Bonchev–Trinajstić information content (AvgIpc) is 3.26. The highest BCUT2D eigenvalue weighted by molar-refractivity contribution is 5.76. The number of rotatable bonds is 50. The lowest BCUT2D eigenvalue weighted by atomic mass is 10.0. The number of hydrogen-bond donors (Lipinski definition) is 4. The van der Waals surface area contributed by atoms with Gasteiger partial charge in [-0.2, -0.15) is 0 Å². The van der Waals surface area contributed by atoms with Crippen LogP contribution in [0.1, 0.15) is 290 Å². The van der Waals surface area contributed by atoms with E-state index in [0.29, 0.717) is 12.8 Å². The molecule has 360 valence electrons. The molecule has 0 aromatic carbocycles. The molecular formula is C56H107NO4. The summed E-state index contributed by atoms with van der Waals surface area (Å²) in [5, 5.41) is 33.4. The molecule has 0 aliphatic carbocycles. The maximum atomic E-state index is 12.4. The number of hydrogen-bond acceptors (Lipinski definition) is 4. The van der Waals surface area contributed by atoms with E-state index in [2.05, 4.69) is 55.6 Å². The topological polar surface area (TPSA) is 89.8 Å². The minimum Gasteiger partial charge on any atom is -0.394 e. The molecule has 0 radical (unpaired) electrons. The number of unbranched alkanes of at least 4 members (excludes halogenated alkanes) is 36. The smallest absolute Gasteiger partial charge is 0.220 e. The molecule has 0 saturated heterocycles. The van der Waals surface area contributed by atoms with Crippen LogP contribution in [-0.4, -0.2) is 46.1 Å². The van der Waals surface area contributed by atoms with Crippen LogP contribution in [-0.2, 0) is 4.79 Å². The van der Waals surface area contributed by atoms with E-state index < -0.39 is 18.2 Å². The van der Waals surface area contributed by atoms with Crippen LogP contribution in [0, 0.1) is 0 Å². The number of allylic oxidation sites excluding steroid dienone is 6. The van der Waals surface area contributed by atoms with Gasteiger partial charge in [0.05, 0.1) is 18.8 Å². The van der Waals surface area contributed by atoms with Gasteiger partial charge in [0, 0.05) is 6.42 Å². The number of carbonyl (C=O) groups is 1. The standard InChI is InChI=1S/C56H107NO4/c1-3-5-7-9-11-13-15-16-17-18-19-20-21-22-23-24-25-26-27-28-29-30-31-32-33-34-35-36-37-38-39-40-41-43-45-47-49-51-55(60)57-53(52-58)56(61)54(59)50-48-46-44-42-14-12-10-8-6-4-2/h23-24,26-27,42,44,53-54,56,58-59,61H,3-22,25,28-41,43,45-52H2,1-2H3,(H,57,60)/b24-23-,27-26-,44-42+. The molecule has 0 saturated carbocycles. The summed E-state index contributed by atoms with van der Waals surface area (Å²) in [5.41, 5.74) is 0. The van der Waals surface area contributed by atoms with Crippen molar-refractivity contribution in [3.05, 3.63) is 36.5 Å². The predicted molar refractivity (Wildman–Crippen MR) is 268 cm³/mol. The van der Waals surface area contributed by atoms with Crippen LogP contribution >= 0.6 is 0 Å². The van der Waals surface area contributed by atoms with Gasteiger partial charge in [-0.1, -0.05) is 249 Å². The van der Waals surface area contributed by atoms with Crippen LogP contribution in [0.4, 0.5) is 0 Å². The summed E-state index contributed by atoms with van der Waals surface area (Å²) in [7, 11) is 0. The van der Waals surface area contributed by atoms with E-state index in [-0.39, 0.29) is 12.5 Å². The van der Waals surface area contributed by atoms with Crippen molar-refractivity contribution in [2.75, 3.05) is 6.61 Å². The summed E-state index contributed by atoms with van der Waals surface area (Å²) in [4.78, 5) is 12.4. The van der Waals surface area contributed by atoms with E-state index in [1.165, 1.54) is 218 Å². The summed E-state index contributed by atoms with van der Waals surface area (Å²) in [5.74, 6) is -0.153. The van der Waals surface area contributed by atoms with E-state index in [1.807, 2.05) is 0 Å². The highest BCUT2D eigenvalue weighted by atomic mass is 16.3. The van der Waals surface area contributed by atoms with Crippen LogP contribution in [0.15, 0.2) is 36.5 Å². The maximum Gasteiger partial charge on any atom is 0.220 e. The van der Waals surface area contributed by atoms with Crippen molar-refractivity contribution in [2.24, 2.45) is 0 Å². The first-order chi connectivity index (χ1) is 30.1. The zero-order valence-corrected chi connectivity index (χ0v) is 41.1. The van der Waals surface area contributed by atoms with Crippen LogP contribution in [0.2, 0.25) is 0 Å². The van der Waals surface area contributed by atoms with Gasteiger partial charge in [0.15, 0.2) is 0 Å². The SMILES string of the molecule is CCCCCCC/C=C/CCCC(O)C(O)C(CO)NC(=O)CCCCCCCCCCCCCCCCCCC/C=C\C/C=C\CCCCCCCCCCCCCCC. The Morgan fingerprint density at radius 1 is 0.410 bits per heavy atom. The fourth-order valence-corrected chi connectivity index (χ4v) is 8.49. The minimum atomic E-state index is -1.16. The molecule has 1 amide bonds. The second-order valence-corrected chi connectivity index (χ2v) is 18.8. The van der Waals surface area contributed by atoms with Crippen LogP contribution in [0.3, 0.4) is 0 Å². The Bertz CT molecular complexity index is 947. The summed E-state index contributed by atoms with van der Waals surface area (Å²) in [6.45, 7) is 4.15. The first kappa shape index (κ1) is 59.6. The molecule has 0 heterocycles. The number of amides is 1. The summed E-state index contributed by atoms with van der Waals surface area (Å²) >= 11 is 0. The van der Waals surface area contributed by atoms with E-state index in [0.717, 1.165) is 44.9 Å². The van der Waals surface area contributed by atoms with Crippen molar-refractivity contribution in [3.63, 3.8) is 0 Å². The molecule has 5 heteroatoms. The second-order valence-electron chi connectivity index (χ2n) is 18.8. The lowest BCUT2D eigenvalue weighted by molar-refractivity contribution is -0.124. The van der Waals surface area contributed by atoms with Gasteiger partial charge in [-0.25, -0.2) is 0 Å². The third-order valence-electron chi connectivity index (χ3n) is 12.7. The van der Waals surface area contributed by atoms with Gasteiger partial charge in [0.2, 0.25) is 5.91 Å². The third-order valence-corrected chi connectivity index (χ3v) is 12.7. The monoisotopic (exact) mass is 858 g/mol. The molecule has 5 nitrogen and oxygen atoms in total. The fourth-order valence-electron chi connectivity index (χ4n) is 8.49. The Morgan fingerprint density at radius 3 is 1.05 bits per heavy atom. The van der Waals surface area contributed by atoms with Gasteiger partial charge >= 0.3 is 0 Å². The van der Waals surface area contributed by atoms with Crippen molar-refractivity contribution in [2.45, 2.75) is 308 Å². The number of aliphatic hydroxyl groups excluding tert-OH is 3. The summed E-state index contributed by atoms with van der Waals surface area (Å²) in [6, 6.07) is -0.824. The lowest BCUT2D eigenvalue weighted by Crippen LogP contribution is -2.50. The van der Waals surface area contributed by atoms with Crippen molar-refractivity contribution >= 4 is 5.91 Å². The van der Waals surface area contributed by atoms with Crippen molar-refractivity contribution < 1.29 is 20.1 Å². The molecule has 4 N–H and O–H groups in total. The molecule has 3 atom stereocenters. The predicted octanol–water partition coefficient (Wildman–Crippen LogP) is 16.7. The largest absolute Gasteiger partial charge is 0.394 e. The number of aliphatic hydroxyl groups is 3. The highest BCUT2D eigenvalue weighted by Gasteiger charge is 2.26. The second kappa shape index (κ2) is 51.2. The van der Waals surface area contributed by atoms with Crippen LogP contribution < -0.4 is 5.32 Å². The Labute approximate surface area is 381 Å². The minimum absolute atomic E-state index is 0.153. The first-order valence-electron chi connectivity index (χ1n) is 27.3. The van der Waals surface area contributed by atoms with Gasteiger partial charge in [0.1, 0.15) is 6.10 Å². The van der Waals surface area contributed by atoms with E-state index in [1.54, 1.807) is 0 Å². The Balaban J connectivity index is 3.45. The molecule has 0 bridgehead atoms. The molecule has 0 rings (SSSR count). The Hall–Kier alpha value is -1.43. The first-order valence-corrected chi connectivity index (χ1v) is 27.3. The van der Waals surface area contributed by atoms with Gasteiger partial charge in [-0.15, -0.1) is 0 Å². The maximum absolute atomic E-state index is 12.4. The van der Waals surface area contributed by atoms with Crippen LogP contribution in [0.5, 0.6) is 0 Å². The zero-order valence-electron chi connectivity index (χ0n) is 41.1. The molecule has 61 heavy (non-hydrogen) atoms.